The molecule has 7 nitrogen and oxygen atoms in total. The maximum Gasteiger partial charge on any atom is 0.294 e. The maximum atomic E-state index is 12.3. The molecule has 1 unspecified atom stereocenters. The van der Waals surface area contributed by atoms with E-state index in [0.29, 0.717) is 13.1 Å². The quantitative estimate of drug-likeness (QED) is 0.758. The molecule has 21 heavy (non-hydrogen) atoms. The lowest BCUT2D eigenvalue weighted by Gasteiger charge is -2.17. The van der Waals surface area contributed by atoms with Gasteiger partial charge in [0.15, 0.2) is 23.1 Å². The van der Waals surface area contributed by atoms with Crippen molar-refractivity contribution >= 4 is 28.8 Å². The number of hydrogen-bond acceptors (Lipinski definition) is 5. The van der Waals surface area contributed by atoms with Crippen LogP contribution < -0.4 is 11.3 Å². The van der Waals surface area contributed by atoms with Crippen LogP contribution in [0.25, 0.3) is 0 Å². The summed E-state index contributed by atoms with van der Waals surface area (Å²) >= 11 is 0. The molecular weight excluding hydrogens is 272 g/mol. The van der Waals surface area contributed by atoms with E-state index in [1.54, 1.807) is 9.36 Å². The molecule has 0 fully saturated rings. The number of rotatable bonds is 1. The molecule has 1 aromatic heterocycles. The Labute approximate surface area is 120 Å². The zero-order valence-electron chi connectivity index (χ0n) is 11.7. The molecule has 7 heteroatoms. The predicted octanol–water partition coefficient (Wildman–Crippen LogP) is 0.442. The number of aromatic nitrogens is 2. The summed E-state index contributed by atoms with van der Waals surface area (Å²) in [5, 5.41) is 0. The third-order valence-electron chi connectivity index (χ3n) is 3.95. The van der Waals surface area contributed by atoms with Crippen molar-refractivity contribution in [2.75, 3.05) is 5.73 Å². The average molecular weight is 288 g/mol. The van der Waals surface area contributed by atoms with E-state index in [-0.39, 0.29) is 34.3 Å². The molecule has 0 spiro atoms. The van der Waals surface area contributed by atoms with Crippen molar-refractivity contribution in [3.63, 3.8) is 0 Å². The summed E-state index contributed by atoms with van der Waals surface area (Å²) in [5.74, 6) is -1.11. The number of hydrogen-bond donors (Lipinski definition) is 1. The van der Waals surface area contributed by atoms with Crippen LogP contribution in [-0.2, 0) is 22.7 Å². The number of aliphatic imine (C=N–C) groups is 1. The largest absolute Gasteiger partial charge is 0.382 e. The van der Waals surface area contributed by atoms with Crippen LogP contribution >= 0.6 is 0 Å². The second kappa shape index (κ2) is 4.83. The van der Waals surface area contributed by atoms with Gasteiger partial charge in [0.2, 0.25) is 0 Å². The molecule has 1 aromatic rings. The number of carbonyl (C=O) groups excluding carboxylic acids is 2. The van der Waals surface area contributed by atoms with Crippen LogP contribution in [0.5, 0.6) is 0 Å². The Kier molecular flexibility index (Phi) is 3.12. The number of Topliss-reactive ketones (excluding diaryl/α,β-unsaturated/α-hetero) is 1. The van der Waals surface area contributed by atoms with Gasteiger partial charge in [0, 0.05) is 13.1 Å². The molecule has 110 valence electrons. The van der Waals surface area contributed by atoms with E-state index in [0.717, 1.165) is 12.8 Å². The highest BCUT2D eigenvalue weighted by molar-refractivity contribution is 6.50. The Morgan fingerprint density at radius 1 is 1.14 bits per heavy atom. The third-order valence-corrected chi connectivity index (χ3v) is 3.95. The molecular formula is C14H16N4O3. The molecule has 1 aliphatic heterocycles. The third kappa shape index (κ3) is 2.05. The summed E-state index contributed by atoms with van der Waals surface area (Å²) in [6.07, 6.45) is 4.54. The van der Waals surface area contributed by atoms with Gasteiger partial charge in [0.25, 0.3) is 5.56 Å². The number of nitrogens with zero attached hydrogens (tertiary/aromatic N) is 3. The van der Waals surface area contributed by atoms with Gasteiger partial charge < -0.3 is 5.73 Å². The standard InChI is InChI=1S/C14H16N4O3/c1-8-10(19)5-4-9(12(8)20)16-11-13(15)17-6-2-3-7-18(17)14(11)21/h4-5,8H,2-3,6-7,15H2,1H3. The van der Waals surface area contributed by atoms with Crippen LogP contribution in [0.15, 0.2) is 21.9 Å². The van der Waals surface area contributed by atoms with Crippen molar-refractivity contribution in [1.29, 1.82) is 0 Å². The summed E-state index contributed by atoms with van der Waals surface area (Å²) in [6, 6.07) is 0. The number of carbonyl (C=O) groups is 2. The van der Waals surface area contributed by atoms with Crippen molar-refractivity contribution in [2.45, 2.75) is 32.9 Å². The summed E-state index contributed by atoms with van der Waals surface area (Å²) in [7, 11) is 0. The minimum atomic E-state index is -0.755. The first-order valence-electron chi connectivity index (χ1n) is 6.94. The van der Waals surface area contributed by atoms with E-state index in [4.69, 9.17) is 5.73 Å². The van der Waals surface area contributed by atoms with E-state index in [1.807, 2.05) is 0 Å². The molecule has 0 bridgehead atoms. The number of nitrogen functional groups attached to an aromatic ring is 1. The number of ketones is 2. The SMILES string of the molecule is CC1C(=O)C=CC(=Nc2c(N)n3n(c2=O)CCCC3)C1=O. The number of fused-ring (bicyclic) bond motifs is 1. The van der Waals surface area contributed by atoms with Crippen molar-refractivity contribution in [3.8, 4) is 0 Å². The van der Waals surface area contributed by atoms with Crippen LogP contribution in [0.1, 0.15) is 19.8 Å². The van der Waals surface area contributed by atoms with Crippen LogP contribution in [0.3, 0.4) is 0 Å². The Bertz CT molecular complexity index is 751. The van der Waals surface area contributed by atoms with Crippen LogP contribution in [-0.4, -0.2) is 26.6 Å². The van der Waals surface area contributed by atoms with Gasteiger partial charge in [-0.05, 0) is 31.9 Å². The number of allylic oxidation sites excluding steroid dienone is 2. The number of anilines is 1. The van der Waals surface area contributed by atoms with Crippen molar-refractivity contribution in [3.05, 3.63) is 22.5 Å². The fourth-order valence-corrected chi connectivity index (χ4v) is 2.64. The minimum Gasteiger partial charge on any atom is -0.382 e. The molecule has 0 radical (unpaired) electrons. The molecule has 0 amide bonds. The van der Waals surface area contributed by atoms with Gasteiger partial charge in [-0.25, -0.2) is 9.67 Å². The monoisotopic (exact) mass is 288 g/mol. The van der Waals surface area contributed by atoms with Crippen molar-refractivity contribution < 1.29 is 9.59 Å². The van der Waals surface area contributed by atoms with E-state index in [9.17, 15) is 14.4 Å². The molecule has 2 N–H and O–H groups in total. The summed E-state index contributed by atoms with van der Waals surface area (Å²) in [4.78, 5) is 39.9. The molecule has 1 aliphatic carbocycles. The molecule has 0 aromatic carbocycles. The van der Waals surface area contributed by atoms with E-state index in [1.165, 1.54) is 19.1 Å². The van der Waals surface area contributed by atoms with Crippen LogP contribution in [0, 0.1) is 5.92 Å². The Morgan fingerprint density at radius 2 is 1.81 bits per heavy atom. The zero-order chi connectivity index (χ0) is 15.1. The lowest BCUT2D eigenvalue weighted by molar-refractivity contribution is -0.126. The second-order valence-electron chi connectivity index (χ2n) is 5.31. The molecule has 3 rings (SSSR count). The average Bonchev–Trinajstić information content (AvgIpc) is 2.73. The maximum absolute atomic E-state index is 12.3. The van der Waals surface area contributed by atoms with Gasteiger partial charge in [-0.2, -0.15) is 0 Å². The van der Waals surface area contributed by atoms with Gasteiger partial charge in [-0.3, -0.25) is 19.1 Å². The Balaban J connectivity index is 2.10. The van der Waals surface area contributed by atoms with Crippen molar-refractivity contribution in [1.82, 2.24) is 9.36 Å². The van der Waals surface area contributed by atoms with Gasteiger partial charge >= 0.3 is 0 Å². The highest BCUT2D eigenvalue weighted by atomic mass is 16.2. The lowest BCUT2D eigenvalue weighted by Crippen LogP contribution is -2.30. The fraction of sp³-hybridized carbons (Fsp3) is 0.429. The zero-order valence-corrected chi connectivity index (χ0v) is 11.7. The first-order valence-corrected chi connectivity index (χ1v) is 6.94. The summed E-state index contributed by atoms with van der Waals surface area (Å²) in [6.45, 7) is 2.81. The fourth-order valence-electron chi connectivity index (χ4n) is 2.64. The Morgan fingerprint density at radius 3 is 2.48 bits per heavy atom. The van der Waals surface area contributed by atoms with Gasteiger partial charge in [-0.15, -0.1) is 0 Å². The summed E-state index contributed by atoms with van der Waals surface area (Å²) < 4.78 is 3.26. The smallest absolute Gasteiger partial charge is 0.294 e. The van der Waals surface area contributed by atoms with Gasteiger partial charge in [0.1, 0.15) is 5.71 Å². The van der Waals surface area contributed by atoms with Crippen molar-refractivity contribution in [2.24, 2.45) is 10.9 Å². The lowest BCUT2D eigenvalue weighted by atomic mass is 9.92. The first kappa shape index (κ1) is 13.5. The topological polar surface area (TPSA) is 99.4 Å². The highest BCUT2D eigenvalue weighted by Gasteiger charge is 2.28. The molecule has 2 heterocycles. The molecule has 1 atom stereocenters. The normalized spacial score (nSPS) is 23.7. The predicted molar refractivity (Wildman–Crippen MR) is 77.8 cm³/mol. The number of nitrogens with two attached hydrogens (primary N) is 1. The molecule has 0 saturated heterocycles. The van der Waals surface area contributed by atoms with E-state index in [2.05, 4.69) is 4.99 Å². The minimum absolute atomic E-state index is 0.0893. The van der Waals surface area contributed by atoms with Gasteiger partial charge in [0.05, 0.1) is 5.92 Å². The summed E-state index contributed by atoms with van der Waals surface area (Å²) in [5.41, 5.74) is 5.89. The van der Waals surface area contributed by atoms with Crippen LogP contribution in [0.4, 0.5) is 11.5 Å². The Hall–Kier alpha value is -2.44. The second-order valence-corrected chi connectivity index (χ2v) is 5.31. The van der Waals surface area contributed by atoms with Crippen LogP contribution in [0.2, 0.25) is 0 Å². The van der Waals surface area contributed by atoms with E-state index >= 15 is 0 Å². The first-order chi connectivity index (χ1) is 10.0. The highest BCUT2D eigenvalue weighted by Crippen LogP contribution is 2.23. The van der Waals surface area contributed by atoms with Gasteiger partial charge in [-0.1, -0.05) is 0 Å². The molecule has 0 saturated carbocycles. The van der Waals surface area contributed by atoms with E-state index < -0.39 is 5.92 Å². The molecule has 2 aliphatic rings.